The lowest BCUT2D eigenvalue weighted by Crippen LogP contribution is -2.43. The van der Waals surface area contributed by atoms with Crippen molar-refractivity contribution in [1.29, 1.82) is 0 Å². The van der Waals surface area contributed by atoms with Crippen LogP contribution in [0.25, 0.3) is 0 Å². The second-order valence-electron chi connectivity index (χ2n) is 8.56. The van der Waals surface area contributed by atoms with Gasteiger partial charge in [-0.1, -0.05) is 85.8 Å². The van der Waals surface area contributed by atoms with Crippen LogP contribution in [-0.4, -0.2) is 21.2 Å². The molecule has 0 aromatic heterocycles. The first-order chi connectivity index (χ1) is 12.8. The van der Waals surface area contributed by atoms with Gasteiger partial charge in [-0.3, -0.25) is 0 Å². The highest BCUT2D eigenvalue weighted by Gasteiger charge is 2.41. The van der Waals surface area contributed by atoms with Gasteiger partial charge >= 0.3 is 0 Å². The van der Waals surface area contributed by atoms with E-state index in [0.717, 1.165) is 17.9 Å². The Bertz CT molecular complexity index is 591. The number of unbranched alkanes of at least 4 members (excludes halogenated alkanes) is 2. The minimum Gasteiger partial charge on any atom is -0.495 e. The fraction of sp³-hybridized carbons (Fsp3) is 0.667. The molecule has 1 aromatic carbocycles. The molecule has 0 heterocycles. The molecule has 152 valence electrons. The van der Waals surface area contributed by atoms with E-state index in [9.17, 15) is 0 Å². The highest BCUT2D eigenvalue weighted by molar-refractivity contribution is 6.90. The van der Waals surface area contributed by atoms with Crippen molar-refractivity contribution in [2.45, 2.75) is 96.8 Å². The minimum absolute atomic E-state index is 0.177. The SMILES string of the molecule is CCCCCC(C#C[Si](C(C)C)(C(C)C)C(C)C)Nc1ccccc1OC. The van der Waals surface area contributed by atoms with Crippen molar-refractivity contribution in [2.75, 3.05) is 12.4 Å². The number of rotatable bonds is 10. The van der Waals surface area contributed by atoms with E-state index in [0.29, 0.717) is 16.6 Å². The van der Waals surface area contributed by atoms with Crippen LogP contribution in [0.5, 0.6) is 5.75 Å². The normalized spacial score (nSPS) is 12.9. The Balaban J connectivity index is 3.19. The molecule has 3 heteroatoms. The first-order valence-corrected chi connectivity index (χ1v) is 12.9. The maximum atomic E-state index is 5.53. The van der Waals surface area contributed by atoms with Crippen LogP contribution in [0, 0.1) is 11.5 Å². The number of hydrogen-bond acceptors (Lipinski definition) is 2. The Morgan fingerprint density at radius 3 is 2.07 bits per heavy atom. The van der Waals surface area contributed by atoms with E-state index in [1.807, 2.05) is 12.1 Å². The number of hydrogen-bond donors (Lipinski definition) is 1. The number of para-hydroxylation sites is 2. The summed E-state index contributed by atoms with van der Waals surface area (Å²) in [6, 6.07) is 8.34. The van der Waals surface area contributed by atoms with Crippen molar-refractivity contribution in [3.63, 3.8) is 0 Å². The van der Waals surface area contributed by atoms with Gasteiger partial charge < -0.3 is 10.1 Å². The van der Waals surface area contributed by atoms with E-state index < -0.39 is 8.07 Å². The fourth-order valence-electron chi connectivity index (χ4n) is 4.38. The lowest BCUT2D eigenvalue weighted by atomic mass is 10.1. The van der Waals surface area contributed by atoms with Gasteiger partial charge in [0.1, 0.15) is 13.8 Å². The molecule has 0 bridgehead atoms. The first kappa shape index (κ1) is 23.6. The van der Waals surface area contributed by atoms with E-state index in [1.54, 1.807) is 7.11 Å². The number of ether oxygens (including phenoxy) is 1. The van der Waals surface area contributed by atoms with Crippen molar-refractivity contribution >= 4 is 13.8 Å². The number of methoxy groups -OCH3 is 1. The van der Waals surface area contributed by atoms with Crippen molar-refractivity contribution in [3.8, 4) is 17.2 Å². The van der Waals surface area contributed by atoms with E-state index >= 15 is 0 Å². The molecule has 1 N–H and O–H groups in total. The fourth-order valence-corrected chi connectivity index (χ4v) is 9.67. The molecule has 1 atom stereocenters. The van der Waals surface area contributed by atoms with Crippen LogP contribution in [0.4, 0.5) is 5.69 Å². The molecular formula is C24H41NOSi. The molecule has 0 saturated heterocycles. The monoisotopic (exact) mass is 387 g/mol. The van der Waals surface area contributed by atoms with Crippen molar-refractivity contribution < 1.29 is 4.74 Å². The van der Waals surface area contributed by atoms with Gasteiger partial charge in [-0.2, -0.15) is 0 Å². The zero-order valence-corrected chi connectivity index (χ0v) is 19.9. The van der Waals surface area contributed by atoms with Crippen LogP contribution in [0.15, 0.2) is 24.3 Å². The predicted molar refractivity (Wildman–Crippen MR) is 123 cm³/mol. The molecule has 27 heavy (non-hydrogen) atoms. The second-order valence-corrected chi connectivity index (χ2v) is 14.1. The van der Waals surface area contributed by atoms with Gasteiger partial charge in [0.05, 0.1) is 18.8 Å². The van der Waals surface area contributed by atoms with Crippen LogP contribution >= 0.6 is 0 Å². The number of benzene rings is 1. The summed E-state index contributed by atoms with van der Waals surface area (Å²) in [6.45, 7) is 16.5. The van der Waals surface area contributed by atoms with Crippen molar-refractivity contribution in [2.24, 2.45) is 0 Å². The van der Waals surface area contributed by atoms with Gasteiger partial charge in [0.25, 0.3) is 0 Å². The summed E-state index contributed by atoms with van der Waals surface area (Å²) in [5.41, 5.74) is 6.92. The van der Waals surface area contributed by atoms with Crippen LogP contribution in [0.2, 0.25) is 16.6 Å². The highest BCUT2D eigenvalue weighted by Crippen LogP contribution is 2.40. The molecule has 0 saturated carbocycles. The average molecular weight is 388 g/mol. The summed E-state index contributed by atoms with van der Waals surface area (Å²) in [5.74, 6) is 4.60. The molecule has 0 fully saturated rings. The Kier molecular flexibility index (Phi) is 10.0. The molecule has 0 aliphatic carbocycles. The zero-order valence-electron chi connectivity index (χ0n) is 18.9. The maximum absolute atomic E-state index is 5.53. The van der Waals surface area contributed by atoms with E-state index in [-0.39, 0.29) is 6.04 Å². The predicted octanol–water partition coefficient (Wildman–Crippen LogP) is 7.28. The summed E-state index contributed by atoms with van der Waals surface area (Å²) >= 11 is 0. The number of anilines is 1. The zero-order chi connectivity index (χ0) is 20.4. The van der Waals surface area contributed by atoms with Crippen LogP contribution in [-0.2, 0) is 0 Å². The Morgan fingerprint density at radius 1 is 0.963 bits per heavy atom. The molecule has 1 aromatic rings. The van der Waals surface area contributed by atoms with E-state index in [2.05, 4.69) is 77.4 Å². The van der Waals surface area contributed by atoms with Gasteiger partial charge in [0.15, 0.2) is 0 Å². The molecule has 1 unspecified atom stereocenters. The topological polar surface area (TPSA) is 21.3 Å². The van der Waals surface area contributed by atoms with Crippen molar-refractivity contribution in [1.82, 2.24) is 0 Å². The molecule has 0 aliphatic rings. The molecular weight excluding hydrogens is 346 g/mol. The third-order valence-corrected chi connectivity index (χ3v) is 12.2. The largest absolute Gasteiger partial charge is 0.495 e. The van der Waals surface area contributed by atoms with Crippen LogP contribution in [0.1, 0.15) is 74.1 Å². The summed E-state index contributed by atoms with van der Waals surface area (Å²) < 4.78 is 5.53. The van der Waals surface area contributed by atoms with Crippen LogP contribution < -0.4 is 10.1 Å². The molecule has 0 amide bonds. The molecule has 0 spiro atoms. The van der Waals surface area contributed by atoms with E-state index in [4.69, 9.17) is 4.74 Å². The van der Waals surface area contributed by atoms with Gasteiger partial charge in [-0.15, -0.1) is 5.54 Å². The number of nitrogens with one attached hydrogen (secondary N) is 1. The summed E-state index contributed by atoms with van der Waals surface area (Å²) in [4.78, 5) is 0. The quantitative estimate of drug-likeness (QED) is 0.259. The maximum Gasteiger partial charge on any atom is 0.146 e. The minimum atomic E-state index is -1.71. The van der Waals surface area contributed by atoms with Gasteiger partial charge in [0, 0.05) is 0 Å². The van der Waals surface area contributed by atoms with Crippen molar-refractivity contribution in [3.05, 3.63) is 24.3 Å². The third-order valence-electron chi connectivity index (χ3n) is 5.86. The molecule has 2 nitrogen and oxygen atoms in total. The summed E-state index contributed by atoms with van der Waals surface area (Å²) in [6.07, 6.45) is 4.78. The molecule has 0 radical (unpaired) electrons. The standard InChI is InChI=1S/C24H41NOSi/c1-9-10-11-14-22(25-23-15-12-13-16-24(23)26-8)17-18-27(19(2)3,20(4)5)21(6)7/h12-13,15-16,19-22,25H,9-11,14H2,1-8H3. The van der Waals surface area contributed by atoms with Gasteiger partial charge in [0.2, 0.25) is 0 Å². The lowest BCUT2D eigenvalue weighted by molar-refractivity contribution is 0.416. The average Bonchev–Trinajstić information content (AvgIpc) is 2.61. The Labute approximate surface area is 169 Å². The second kappa shape index (κ2) is 11.4. The summed E-state index contributed by atoms with van der Waals surface area (Å²) in [5, 5.41) is 3.67. The smallest absolute Gasteiger partial charge is 0.146 e. The summed E-state index contributed by atoms with van der Waals surface area (Å²) in [7, 11) is 0.0193. The molecule has 0 aliphatic heterocycles. The first-order valence-electron chi connectivity index (χ1n) is 10.7. The Hall–Kier alpha value is -1.40. The highest BCUT2D eigenvalue weighted by atomic mass is 28.3. The third kappa shape index (κ3) is 6.31. The van der Waals surface area contributed by atoms with Gasteiger partial charge in [-0.25, -0.2) is 0 Å². The lowest BCUT2D eigenvalue weighted by Gasteiger charge is -2.38. The van der Waals surface area contributed by atoms with Gasteiger partial charge in [-0.05, 0) is 35.2 Å². The Morgan fingerprint density at radius 2 is 1.56 bits per heavy atom. The van der Waals surface area contributed by atoms with E-state index in [1.165, 1.54) is 19.3 Å². The molecule has 1 rings (SSSR count). The van der Waals surface area contributed by atoms with Crippen LogP contribution in [0.3, 0.4) is 0 Å².